The largest absolute Gasteiger partial charge is 0.294 e. The molecule has 104 valence electrons. The van der Waals surface area contributed by atoms with Crippen molar-refractivity contribution in [3.05, 3.63) is 65.5 Å². The predicted octanol–water partition coefficient (Wildman–Crippen LogP) is 5.10. The quantitative estimate of drug-likeness (QED) is 0.543. The maximum Gasteiger partial charge on any atom is 0.162 e. The maximum atomic E-state index is 13.1. The van der Waals surface area contributed by atoms with Crippen LogP contribution in [-0.2, 0) is 5.75 Å². The average molecular weight is 288 g/mol. The van der Waals surface area contributed by atoms with E-state index in [-0.39, 0.29) is 11.6 Å². The molecule has 0 aliphatic heterocycles. The molecule has 0 saturated heterocycles. The Kier molecular flexibility index (Phi) is 5.36. The summed E-state index contributed by atoms with van der Waals surface area (Å²) in [4.78, 5) is 12.8. The van der Waals surface area contributed by atoms with Crippen LogP contribution in [0.1, 0.15) is 35.7 Å². The van der Waals surface area contributed by atoms with Crippen molar-refractivity contribution in [3.8, 4) is 0 Å². The van der Waals surface area contributed by atoms with Crippen molar-refractivity contribution >= 4 is 17.5 Å². The lowest BCUT2D eigenvalue weighted by Crippen LogP contribution is -1.97. The minimum absolute atomic E-state index is 0.189. The van der Waals surface area contributed by atoms with E-state index in [1.165, 1.54) is 6.07 Å². The number of carbonyl (C=O) groups excluding carboxylic acids is 1. The third-order valence-corrected chi connectivity index (χ3v) is 4.03. The summed E-state index contributed by atoms with van der Waals surface area (Å²) in [5.74, 6) is 0.706. The lowest BCUT2D eigenvalue weighted by molar-refractivity contribution is 0.0981. The molecular formula is C17H17FOS. The summed E-state index contributed by atoms with van der Waals surface area (Å²) in [6.45, 7) is 2.00. The standard InChI is InChI=1S/C17H17FOS/c1-2-4-17(19)14-7-9-16(10-8-14)20-12-13-5-3-6-15(18)11-13/h3,5-11H,2,4,12H2,1H3. The summed E-state index contributed by atoms with van der Waals surface area (Å²) in [6, 6.07) is 14.3. The van der Waals surface area contributed by atoms with Crippen LogP contribution in [0, 0.1) is 5.82 Å². The number of carbonyl (C=O) groups is 1. The molecule has 0 bridgehead atoms. The molecule has 0 aliphatic carbocycles. The molecule has 0 aromatic heterocycles. The monoisotopic (exact) mass is 288 g/mol. The zero-order valence-corrected chi connectivity index (χ0v) is 12.3. The maximum absolute atomic E-state index is 13.1. The van der Waals surface area contributed by atoms with Crippen LogP contribution in [0.4, 0.5) is 4.39 Å². The van der Waals surface area contributed by atoms with Gasteiger partial charge in [-0.25, -0.2) is 4.39 Å². The van der Waals surface area contributed by atoms with E-state index in [1.807, 2.05) is 37.3 Å². The van der Waals surface area contributed by atoms with Crippen LogP contribution >= 0.6 is 11.8 Å². The Morgan fingerprint density at radius 3 is 2.55 bits per heavy atom. The van der Waals surface area contributed by atoms with E-state index >= 15 is 0 Å². The zero-order chi connectivity index (χ0) is 14.4. The van der Waals surface area contributed by atoms with Gasteiger partial charge in [-0.1, -0.05) is 31.2 Å². The van der Waals surface area contributed by atoms with Crippen LogP contribution in [0.5, 0.6) is 0 Å². The summed E-state index contributed by atoms with van der Waals surface area (Å²) in [7, 11) is 0. The summed E-state index contributed by atoms with van der Waals surface area (Å²) in [6.07, 6.45) is 1.46. The van der Waals surface area contributed by atoms with Gasteiger partial charge in [0.2, 0.25) is 0 Å². The Bertz CT molecular complexity index is 578. The van der Waals surface area contributed by atoms with Crippen LogP contribution in [0.3, 0.4) is 0 Å². The van der Waals surface area contributed by atoms with Gasteiger partial charge in [0.25, 0.3) is 0 Å². The first kappa shape index (κ1) is 14.8. The van der Waals surface area contributed by atoms with Gasteiger partial charge in [-0.3, -0.25) is 4.79 Å². The highest BCUT2D eigenvalue weighted by molar-refractivity contribution is 7.98. The summed E-state index contributed by atoms with van der Waals surface area (Å²) in [5.41, 5.74) is 1.73. The lowest BCUT2D eigenvalue weighted by atomic mass is 10.1. The fourth-order valence-corrected chi connectivity index (χ4v) is 2.74. The lowest BCUT2D eigenvalue weighted by Gasteiger charge is -2.04. The van der Waals surface area contributed by atoms with E-state index in [2.05, 4.69) is 0 Å². The number of rotatable bonds is 6. The molecule has 0 saturated carbocycles. The minimum atomic E-state index is -0.205. The summed E-state index contributed by atoms with van der Waals surface area (Å²) >= 11 is 1.64. The van der Waals surface area contributed by atoms with Gasteiger partial charge in [0.15, 0.2) is 5.78 Å². The van der Waals surface area contributed by atoms with Gasteiger partial charge < -0.3 is 0 Å². The molecule has 0 aliphatic rings. The Balaban J connectivity index is 1.95. The van der Waals surface area contributed by atoms with Crippen LogP contribution in [-0.4, -0.2) is 5.78 Å². The smallest absolute Gasteiger partial charge is 0.162 e. The molecule has 2 aromatic carbocycles. The Hall–Kier alpha value is -1.61. The highest BCUT2D eigenvalue weighted by atomic mass is 32.2. The van der Waals surface area contributed by atoms with Gasteiger partial charge in [-0.2, -0.15) is 0 Å². The third kappa shape index (κ3) is 4.20. The van der Waals surface area contributed by atoms with Crippen molar-refractivity contribution < 1.29 is 9.18 Å². The van der Waals surface area contributed by atoms with E-state index in [1.54, 1.807) is 23.9 Å². The van der Waals surface area contributed by atoms with Gasteiger partial charge in [0.05, 0.1) is 0 Å². The fourth-order valence-electron chi connectivity index (χ4n) is 1.90. The second-order valence-electron chi connectivity index (χ2n) is 4.62. The first-order valence-corrected chi connectivity index (χ1v) is 7.68. The van der Waals surface area contributed by atoms with Crippen LogP contribution in [0.2, 0.25) is 0 Å². The second kappa shape index (κ2) is 7.25. The minimum Gasteiger partial charge on any atom is -0.294 e. The number of hydrogen-bond acceptors (Lipinski definition) is 2. The van der Waals surface area contributed by atoms with Crippen LogP contribution in [0.15, 0.2) is 53.4 Å². The van der Waals surface area contributed by atoms with Crippen molar-refractivity contribution in [2.75, 3.05) is 0 Å². The average Bonchev–Trinajstić information content (AvgIpc) is 2.46. The number of halogens is 1. The van der Waals surface area contributed by atoms with Gasteiger partial charge in [-0.15, -0.1) is 11.8 Å². The molecule has 2 rings (SSSR count). The zero-order valence-electron chi connectivity index (χ0n) is 11.4. The first-order chi connectivity index (χ1) is 9.69. The second-order valence-corrected chi connectivity index (χ2v) is 5.66. The summed E-state index contributed by atoms with van der Waals surface area (Å²) < 4.78 is 13.1. The van der Waals surface area contributed by atoms with E-state index in [0.29, 0.717) is 6.42 Å². The highest BCUT2D eigenvalue weighted by Gasteiger charge is 2.04. The molecule has 3 heteroatoms. The van der Waals surface area contributed by atoms with Gasteiger partial charge in [0, 0.05) is 22.6 Å². The van der Waals surface area contributed by atoms with E-state index < -0.39 is 0 Å². The molecule has 0 spiro atoms. The van der Waals surface area contributed by atoms with Crippen molar-refractivity contribution in [1.82, 2.24) is 0 Å². The van der Waals surface area contributed by atoms with Crippen LogP contribution < -0.4 is 0 Å². The fraction of sp³-hybridized carbons (Fsp3) is 0.235. The van der Waals surface area contributed by atoms with E-state index in [0.717, 1.165) is 28.2 Å². The van der Waals surface area contributed by atoms with E-state index in [4.69, 9.17) is 0 Å². The van der Waals surface area contributed by atoms with Gasteiger partial charge in [-0.05, 0) is 36.2 Å². The Morgan fingerprint density at radius 1 is 1.15 bits per heavy atom. The molecule has 2 aromatic rings. The van der Waals surface area contributed by atoms with Gasteiger partial charge >= 0.3 is 0 Å². The SMILES string of the molecule is CCCC(=O)c1ccc(SCc2cccc(F)c2)cc1. The molecule has 0 fully saturated rings. The number of thioether (sulfide) groups is 1. The van der Waals surface area contributed by atoms with Crippen molar-refractivity contribution in [2.24, 2.45) is 0 Å². The number of ketones is 1. The van der Waals surface area contributed by atoms with Crippen molar-refractivity contribution in [3.63, 3.8) is 0 Å². The first-order valence-electron chi connectivity index (χ1n) is 6.69. The molecule has 0 N–H and O–H groups in total. The molecule has 0 heterocycles. The van der Waals surface area contributed by atoms with Crippen molar-refractivity contribution in [2.45, 2.75) is 30.4 Å². The predicted molar refractivity (Wildman–Crippen MR) is 81.6 cm³/mol. The normalized spacial score (nSPS) is 10.5. The molecule has 0 atom stereocenters. The molecule has 1 nitrogen and oxygen atoms in total. The molecule has 0 unspecified atom stereocenters. The highest BCUT2D eigenvalue weighted by Crippen LogP contribution is 2.23. The van der Waals surface area contributed by atoms with Crippen LogP contribution in [0.25, 0.3) is 0 Å². The molecular weight excluding hydrogens is 271 g/mol. The molecule has 20 heavy (non-hydrogen) atoms. The Labute approximate surface area is 123 Å². The molecule has 0 radical (unpaired) electrons. The Morgan fingerprint density at radius 2 is 1.90 bits per heavy atom. The number of hydrogen-bond donors (Lipinski definition) is 0. The third-order valence-electron chi connectivity index (χ3n) is 2.95. The van der Waals surface area contributed by atoms with Crippen molar-refractivity contribution in [1.29, 1.82) is 0 Å². The number of Topliss-reactive ketones (excluding diaryl/α,β-unsaturated/α-hetero) is 1. The van der Waals surface area contributed by atoms with Gasteiger partial charge in [0.1, 0.15) is 5.82 Å². The molecule has 0 amide bonds. The number of benzene rings is 2. The van der Waals surface area contributed by atoms with E-state index in [9.17, 15) is 9.18 Å². The topological polar surface area (TPSA) is 17.1 Å². The summed E-state index contributed by atoms with van der Waals surface area (Å²) in [5, 5.41) is 0.